The van der Waals surface area contributed by atoms with Gasteiger partial charge in [0.2, 0.25) is 0 Å². The number of aryl methyl sites for hydroxylation is 1. The fourth-order valence-electron chi connectivity index (χ4n) is 4.56. The number of rotatable bonds is 10. The van der Waals surface area contributed by atoms with Crippen molar-refractivity contribution < 1.29 is 27.5 Å². The number of carbonyl (C=O) groups is 2. The Kier molecular flexibility index (Phi) is 8.73. The van der Waals surface area contributed by atoms with Crippen LogP contribution in [0.5, 0.6) is 11.5 Å². The molecule has 2 N–H and O–H groups in total. The number of nitrogens with one attached hydrogen (secondary N) is 2. The maximum Gasteiger partial charge on any atom is 0.265 e. The summed E-state index contributed by atoms with van der Waals surface area (Å²) in [6.07, 6.45) is -0.209. The standard InChI is InChI=1S/C32H31N3O6S/c1-23-8-7-11-25(20-23)34-42(38,39)27-16-14-26(15-17-27)40-22-31(36)35-21-30(41-29-13-6-5-12-28(29)35)32(37)33-19-18-24-9-3-2-4-10-24/h2-17,20,30,34H,18-19,21-22H2,1H3,(H,33,37). The number of anilines is 2. The Balaban J connectivity index is 1.20. The number of amides is 2. The van der Waals surface area contributed by atoms with E-state index in [0.717, 1.165) is 11.1 Å². The van der Waals surface area contributed by atoms with Crippen LogP contribution in [0.15, 0.2) is 108 Å². The zero-order valence-corrected chi connectivity index (χ0v) is 23.8. The van der Waals surface area contributed by atoms with Gasteiger partial charge in [-0.2, -0.15) is 0 Å². The van der Waals surface area contributed by atoms with E-state index in [1.807, 2.05) is 43.3 Å². The van der Waals surface area contributed by atoms with E-state index in [0.29, 0.717) is 35.8 Å². The van der Waals surface area contributed by atoms with E-state index in [4.69, 9.17) is 9.47 Å². The molecule has 10 heteroatoms. The van der Waals surface area contributed by atoms with E-state index in [1.54, 1.807) is 42.5 Å². The minimum absolute atomic E-state index is 0.0260. The molecular formula is C32H31N3O6S. The van der Waals surface area contributed by atoms with Gasteiger partial charge in [0.1, 0.15) is 11.5 Å². The summed E-state index contributed by atoms with van der Waals surface area (Å²) in [4.78, 5) is 27.7. The summed E-state index contributed by atoms with van der Waals surface area (Å²) in [7, 11) is -3.80. The molecule has 0 fully saturated rings. The number of hydrogen-bond donors (Lipinski definition) is 2. The summed E-state index contributed by atoms with van der Waals surface area (Å²) >= 11 is 0. The lowest BCUT2D eigenvalue weighted by Gasteiger charge is -2.34. The third-order valence-corrected chi connectivity index (χ3v) is 8.09. The Morgan fingerprint density at radius 2 is 1.67 bits per heavy atom. The van der Waals surface area contributed by atoms with Gasteiger partial charge in [-0.05, 0) is 73.0 Å². The van der Waals surface area contributed by atoms with E-state index >= 15 is 0 Å². The predicted molar refractivity (Wildman–Crippen MR) is 160 cm³/mol. The van der Waals surface area contributed by atoms with E-state index in [1.165, 1.54) is 29.2 Å². The number of fused-ring (bicyclic) bond motifs is 1. The van der Waals surface area contributed by atoms with Gasteiger partial charge >= 0.3 is 0 Å². The molecule has 1 unspecified atom stereocenters. The van der Waals surface area contributed by atoms with Crippen LogP contribution in [0.4, 0.5) is 11.4 Å². The summed E-state index contributed by atoms with van der Waals surface area (Å²) in [6, 6.07) is 29.7. The van der Waals surface area contributed by atoms with Crippen LogP contribution in [0.3, 0.4) is 0 Å². The SMILES string of the molecule is Cc1cccc(NS(=O)(=O)c2ccc(OCC(=O)N3CC(C(=O)NCCc4ccccc4)Oc4ccccc43)cc2)c1. The normalized spacial score (nSPS) is 14.3. The lowest BCUT2D eigenvalue weighted by Crippen LogP contribution is -2.52. The van der Waals surface area contributed by atoms with Crippen molar-refractivity contribution in [1.29, 1.82) is 0 Å². The second-order valence-corrected chi connectivity index (χ2v) is 11.5. The number of ether oxygens (including phenoxy) is 2. The summed E-state index contributed by atoms with van der Waals surface area (Å²) < 4.78 is 39.7. The highest BCUT2D eigenvalue weighted by atomic mass is 32.2. The molecule has 4 aromatic rings. The van der Waals surface area contributed by atoms with E-state index in [-0.39, 0.29) is 29.9 Å². The van der Waals surface area contributed by atoms with Gasteiger partial charge in [-0.25, -0.2) is 8.42 Å². The number of carbonyl (C=O) groups excluding carboxylic acids is 2. The largest absolute Gasteiger partial charge is 0.484 e. The van der Waals surface area contributed by atoms with Crippen molar-refractivity contribution in [2.45, 2.75) is 24.3 Å². The van der Waals surface area contributed by atoms with Crippen LogP contribution in [-0.4, -0.2) is 46.0 Å². The van der Waals surface area contributed by atoms with Gasteiger partial charge in [-0.3, -0.25) is 14.3 Å². The molecule has 1 aliphatic rings. The van der Waals surface area contributed by atoms with E-state index in [9.17, 15) is 18.0 Å². The lowest BCUT2D eigenvalue weighted by molar-refractivity contribution is -0.128. The number of nitrogens with zero attached hydrogens (tertiary/aromatic N) is 1. The number of benzene rings is 4. The second kappa shape index (κ2) is 12.8. The zero-order chi connectivity index (χ0) is 29.5. The summed E-state index contributed by atoms with van der Waals surface area (Å²) in [5.74, 6) is 0.0754. The van der Waals surface area contributed by atoms with Crippen molar-refractivity contribution in [2.75, 3.05) is 29.3 Å². The van der Waals surface area contributed by atoms with Crippen molar-refractivity contribution in [3.63, 3.8) is 0 Å². The maximum absolute atomic E-state index is 13.3. The smallest absolute Gasteiger partial charge is 0.265 e. The Morgan fingerprint density at radius 1 is 0.929 bits per heavy atom. The van der Waals surface area contributed by atoms with E-state index < -0.39 is 16.1 Å². The average molecular weight is 586 g/mol. The van der Waals surface area contributed by atoms with Gasteiger partial charge < -0.3 is 19.7 Å². The first kappa shape index (κ1) is 28.7. The molecule has 1 heterocycles. The fourth-order valence-corrected chi connectivity index (χ4v) is 5.61. The van der Waals surface area contributed by atoms with Gasteiger partial charge in [-0.15, -0.1) is 0 Å². The zero-order valence-electron chi connectivity index (χ0n) is 23.0. The van der Waals surface area contributed by atoms with Crippen LogP contribution in [0.2, 0.25) is 0 Å². The molecule has 0 saturated carbocycles. The first-order chi connectivity index (χ1) is 20.3. The van der Waals surface area contributed by atoms with Crippen LogP contribution in [0, 0.1) is 6.92 Å². The molecule has 4 aromatic carbocycles. The van der Waals surface area contributed by atoms with Gasteiger partial charge in [0.25, 0.3) is 21.8 Å². The second-order valence-electron chi connectivity index (χ2n) is 9.84. The summed E-state index contributed by atoms with van der Waals surface area (Å²) in [5.41, 5.74) is 3.05. The van der Waals surface area contributed by atoms with Gasteiger partial charge in [-0.1, -0.05) is 54.6 Å². The van der Waals surface area contributed by atoms with E-state index in [2.05, 4.69) is 10.0 Å². The molecule has 0 saturated heterocycles. The molecule has 5 rings (SSSR count). The van der Waals surface area contributed by atoms with Crippen LogP contribution >= 0.6 is 0 Å². The molecule has 0 spiro atoms. The van der Waals surface area contributed by atoms with Crippen molar-refractivity contribution >= 4 is 33.2 Å². The highest BCUT2D eigenvalue weighted by Gasteiger charge is 2.33. The maximum atomic E-state index is 13.3. The minimum atomic E-state index is -3.80. The summed E-state index contributed by atoms with van der Waals surface area (Å²) in [5, 5.41) is 2.90. The number of sulfonamides is 1. The van der Waals surface area contributed by atoms with Crippen molar-refractivity contribution in [3.05, 3.63) is 114 Å². The highest BCUT2D eigenvalue weighted by Crippen LogP contribution is 2.33. The Labute approximate surface area is 245 Å². The van der Waals surface area contributed by atoms with Crippen molar-refractivity contribution in [1.82, 2.24) is 5.32 Å². The quantitative estimate of drug-likeness (QED) is 0.287. The predicted octanol–water partition coefficient (Wildman–Crippen LogP) is 4.33. The number of hydrogen-bond acceptors (Lipinski definition) is 6. The molecule has 2 amide bonds. The van der Waals surface area contributed by atoms with Gasteiger partial charge in [0.05, 0.1) is 17.1 Å². The third kappa shape index (κ3) is 7.08. The molecule has 0 bridgehead atoms. The van der Waals surface area contributed by atoms with Crippen molar-refractivity contribution in [3.8, 4) is 11.5 Å². The van der Waals surface area contributed by atoms with Crippen LogP contribution < -0.4 is 24.4 Å². The molecule has 0 radical (unpaired) electrons. The Morgan fingerprint density at radius 3 is 2.43 bits per heavy atom. The molecular weight excluding hydrogens is 554 g/mol. The van der Waals surface area contributed by atoms with Crippen molar-refractivity contribution in [2.24, 2.45) is 0 Å². The highest BCUT2D eigenvalue weighted by molar-refractivity contribution is 7.92. The number of para-hydroxylation sites is 2. The van der Waals surface area contributed by atoms with Gasteiger partial charge in [0.15, 0.2) is 12.7 Å². The molecule has 42 heavy (non-hydrogen) atoms. The fraction of sp³-hybridized carbons (Fsp3) is 0.188. The molecule has 9 nitrogen and oxygen atoms in total. The van der Waals surface area contributed by atoms with Crippen LogP contribution in [0.25, 0.3) is 0 Å². The third-order valence-electron chi connectivity index (χ3n) is 6.69. The van der Waals surface area contributed by atoms with Crippen LogP contribution in [0.1, 0.15) is 11.1 Å². The summed E-state index contributed by atoms with van der Waals surface area (Å²) in [6.45, 7) is 2.03. The first-order valence-corrected chi connectivity index (χ1v) is 15.0. The average Bonchev–Trinajstić information content (AvgIpc) is 3.00. The molecule has 0 aliphatic carbocycles. The monoisotopic (exact) mass is 585 g/mol. The Hall–Kier alpha value is -4.83. The molecule has 1 aliphatic heterocycles. The Bertz CT molecular complexity index is 1660. The van der Waals surface area contributed by atoms with Gasteiger partial charge in [0, 0.05) is 12.2 Å². The molecule has 0 aromatic heterocycles. The minimum Gasteiger partial charge on any atom is -0.484 e. The molecule has 1 atom stereocenters. The first-order valence-electron chi connectivity index (χ1n) is 13.5. The lowest BCUT2D eigenvalue weighted by atomic mass is 10.1. The van der Waals surface area contributed by atoms with Crippen LogP contribution in [-0.2, 0) is 26.0 Å². The molecule has 216 valence electrons. The topological polar surface area (TPSA) is 114 Å².